The van der Waals surface area contributed by atoms with E-state index in [1.807, 2.05) is 0 Å². The van der Waals surface area contributed by atoms with E-state index in [1.165, 1.54) is 11.0 Å². The summed E-state index contributed by atoms with van der Waals surface area (Å²) >= 11 is 0. The normalized spacial score (nSPS) is 10.1. The summed E-state index contributed by atoms with van der Waals surface area (Å²) in [5.41, 5.74) is 0.699. The van der Waals surface area contributed by atoms with Crippen molar-refractivity contribution in [3.8, 4) is 0 Å². The van der Waals surface area contributed by atoms with E-state index in [-0.39, 0.29) is 17.9 Å². The Hall–Kier alpha value is -1.88. The number of rotatable bonds is 6. The quantitative estimate of drug-likeness (QED) is 0.820. The maximum absolute atomic E-state index is 11.9. The highest BCUT2D eigenvalue weighted by atomic mass is 16.5. The van der Waals surface area contributed by atoms with Crippen LogP contribution in [0, 0.1) is 0 Å². The average molecular weight is 251 g/mol. The maximum atomic E-state index is 11.9. The van der Waals surface area contributed by atoms with Gasteiger partial charge in [-0.25, -0.2) is 4.79 Å². The molecule has 0 bridgehead atoms. The Morgan fingerprint density at radius 1 is 1.33 bits per heavy atom. The number of benzene rings is 1. The fraction of sp³-hybridized carbons (Fsp3) is 0.385. The van der Waals surface area contributed by atoms with Crippen molar-refractivity contribution in [3.63, 3.8) is 0 Å². The minimum Gasteiger partial charge on any atom is -0.478 e. The lowest BCUT2D eigenvalue weighted by molar-refractivity contribution is -0.129. The SMILES string of the molecule is COCCN(C)C(=O)Cc1ccccc1C(=O)O. The highest BCUT2D eigenvalue weighted by molar-refractivity contribution is 5.91. The van der Waals surface area contributed by atoms with Crippen LogP contribution in [-0.4, -0.2) is 49.2 Å². The highest BCUT2D eigenvalue weighted by Crippen LogP contribution is 2.10. The molecule has 1 amide bonds. The lowest BCUT2D eigenvalue weighted by Gasteiger charge is -2.17. The first kappa shape index (κ1) is 14.2. The first-order valence-electron chi connectivity index (χ1n) is 5.60. The van der Waals surface area contributed by atoms with Gasteiger partial charge in [-0.1, -0.05) is 18.2 Å². The number of carboxylic acids is 1. The molecule has 0 saturated heterocycles. The number of carbonyl (C=O) groups is 2. The maximum Gasteiger partial charge on any atom is 0.335 e. The van der Waals surface area contributed by atoms with Gasteiger partial charge in [0.15, 0.2) is 0 Å². The molecule has 18 heavy (non-hydrogen) atoms. The zero-order valence-electron chi connectivity index (χ0n) is 10.5. The van der Waals surface area contributed by atoms with Crippen LogP contribution < -0.4 is 0 Å². The van der Waals surface area contributed by atoms with Gasteiger partial charge in [0.25, 0.3) is 0 Å². The number of ether oxygens (including phenoxy) is 1. The molecule has 5 heteroatoms. The van der Waals surface area contributed by atoms with Gasteiger partial charge in [-0.3, -0.25) is 4.79 Å². The number of aromatic carboxylic acids is 1. The van der Waals surface area contributed by atoms with Crippen LogP contribution in [0.5, 0.6) is 0 Å². The number of likely N-dealkylation sites (N-methyl/N-ethyl adjacent to an activating group) is 1. The minimum atomic E-state index is -1.02. The highest BCUT2D eigenvalue weighted by Gasteiger charge is 2.14. The van der Waals surface area contributed by atoms with Crippen molar-refractivity contribution in [1.82, 2.24) is 4.90 Å². The lowest BCUT2D eigenvalue weighted by atomic mass is 10.0. The van der Waals surface area contributed by atoms with Gasteiger partial charge in [-0.05, 0) is 11.6 Å². The van der Waals surface area contributed by atoms with Gasteiger partial charge in [0.2, 0.25) is 5.91 Å². The average Bonchev–Trinajstić information content (AvgIpc) is 2.36. The molecule has 0 saturated carbocycles. The largest absolute Gasteiger partial charge is 0.478 e. The van der Waals surface area contributed by atoms with Crippen molar-refractivity contribution in [2.45, 2.75) is 6.42 Å². The van der Waals surface area contributed by atoms with Gasteiger partial charge in [-0.2, -0.15) is 0 Å². The topological polar surface area (TPSA) is 66.8 Å². The predicted molar refractivity (Wildman–Crippen MR) is 66.6 cm³/mol. The molecular weight excluding hydrogens is 234 g/mol. The van der Waals surface area contributed by atoms with E-state index in [1.54, 1.807) is 32.4 Å². The zero-order valence-corrected chi connectivity index (χ0v) is 10.5. The molecular formula is C13H17NO4. The third-order valence-corrected chi connectivity index (χ3v) is 2.65. The summed E-state index contributed by atoms with van der Waals surface area (Å²) in [6.07, 6.45) is 0.0860. The molecule has 0 atom stereocenters. The molecule has 0 aromatic heterocycles. The summed E-state index contributed by atoms with van der Waals surface area (Å²) in [5.74, 6) is -1.14. The number of nitrogens with zero attached hydrogens (tertiary/aromatic N) is 1. The molecule has 0 aliphatic carbocycles. The van der Waals surface area contributed by atoms with E-state index in [2.05, 4.69) is 0 Å². The molecule has 0 aliphatic heterocycles. The Morgan fingerprint density at radius 2 is 2.00 bits per heavy atom. The van der Waals surface area contributed by atoms with E-state index in [0.717, 1.165) is 0 Å². The number of hydrogen-bond donors (Lipinski definition) is 1. The fourth-order valence-corrected chi connectivity index (χ4v) is 1.53. The van der Waals surface area contributed by atoms with Gasteiger partial charge in [0, 0.05) is 20.7 Å². The van der Waals surface area contributed by atoms with Crippen LogP contribution in [0.4, 0.5) is 0 Å². The Labute approximate surface area is 106 Å². The van der Waals surface area contributed by atoms with E-state index in [9.17, 15) is 9.59 Å². The minimum absolute atomic E-state index is 0.0860. The monoisotopic (exact) mass is 251 g/mol. The van der Waals surface area contributed by atoms with Crippen LogP contribution in [0.2, 0.25) is 0 Å². The fourth-order valence-electron chi connectivity index (χ4n) is 1.53. The Balaban J connectivity index is 2.72. The van der Waals surface area contributed by atoms with E-state index >= 15 is 0 Å². The van der Waals surface area contributed by atoms with Gasteiger partial charge < -0.3 is 14.7 Å². The molecule has 1 aromatic rings. The number of carboxylic acid groups (broad SMARTS) is 1. The number of carbonyl (C=O) groups excluding carboxylic acids is 1. The second-order valence-corrected chi connectivity index (χ2v) is 3.95. The predicted octanol–water partition coefficient (Wildman–Crippen LogP) is 1.03. The molecule has 1 N–H and O–H groups in total. The van der Waals surface area contributed by atoms with Crippen LogP contribution in [0.25, 0.3) is 0 Å². The van der Waals surface area contributed by atoms with Crippen LogP contribution in [0.15, 0.2) is 24.3 Å². The lowest BCUT2D eigenvalue weighted by Crippen LogP contribution is -2.31. The molecule has 98 valence electrons. The number of methoxy groups -OCH3 is 1. The first-order valence-corrected chi connectivity index (χ1v) is 5.60. The third kappa shape index (κ3) is 3.85. The summed E-state index contributed by atoms with van der Waals surface area (Å²) in [4.78, 5) is 24.4. The van der Waals surface area contributed by atoms with Gasteiger partial charge >= 0.3 is 5.97 Å². The van der Waals surface area contributed by atoms with Crippen LogP contribution in [0.3, 0.4) is 0 Å². The number of amides is 1. The van der Waals surface area contributed by atoms with Gasteiger partial charge in [0.1, 0.15) is 0 Å². The molecule has 0 radical (unpaired) electrons. The molecule has 1 aromatic carbocycles. The van der Waals surface area contributed by atoms with Crippen LogP contribution in [-0.2, 0) is 16.0 Å². The van der Waals surface area contributed by atoms with Crippen LogP contribution >= 0.6 is 0 Å². The third-order valence-electron chi connectivity index (χ3n) is 2.65. The van der Waals surface area contributed by atoms with E-state index in [4.69, 9.17) is 9.84 Å². The van der Waals surface area contributed by atoms with Crippen LogP contribution in [0.1, 0.15) is 15.9 Å². The summed E-state index contributed by atoms with van der Waals surface area (Å²) < 4.78 is 4.89. The molecule has 0 fully saturated rings. The van der Waals surface area contributed by atoms with Gasteiger partial charge in [0.05, 0.1) is 18.6 Å². The van der Waals surface area contributed by atoms with Gasteiger partial charge in [-0.15, -0.1) is 0 Å². The van der Waals surface area contributed by atoms with Crippen molar-refractivity contribution >= 4 is 11.9 Å². The summed E-state index contributed by atoms with van der Waals surface area (Å²) in [7, 11) is 3.24. The number of hydrogen-bond acceptors (Lipinski definition) is 3. The second kappa shape index (κ2) is 6.76. The first-order chi connectivity index (χ1) is 8.56. The Bertz CT molecular complexity index is 431. The molecule has 0 heterocycles. The summed E-state index contributed by atoms with van der Waals surface area (Å²) in [5, 5.41) is 9.01. The molecule has 0 unspecified atom stereocenters. The van der Waals surface area contributed by atoms with Crippen molar-refractivity contribution in [3.05, 3.63) is 35.4 Å². The second-order valence-electron chi connectivity index (χ2n) is 3.95. The van der Waals surface area contributed by atoms with Crippen molar-refractivity contribution < 1.29 is 19.4 Å². The van der Waals surface area contributed by atoms with E-state index in [0.29, 0.717) is 18.7 Å². The standard InChI is InChI=1S/C13H17NO4/c1-14(7-8-18-2)12(15)9-10-5-3-4-6-11(10)13(16)17/h3-6H,7-9H2,1-2H3,(H,16,17). The Morgan fingerprint density at radius 3 is 2.61 bits per heavy atom. The van der Waals surface area contributed by atoms with Crippen molar-refractivity contribution in [1.29, 1.82) is 0 Å². The Kier molecular flexibility index (Phi) is 5.32. The molecule has 0 spiro atoms. The molecule has 1 rings (SSSR count). The smallest absolute Gasteiger partial charge is 0.335 e. The summed E-state index contributed by atoms with van der Waals surface area (Å²) in [6, 6.07) is 6.53. The molecule has 0 aliphatic rings. The van der Waals surface area contributed by atoms with E-state index < -0.39 is 5.97 Å². The molecule has 5 nitrogen and oxygen atoms in total. The zero-order chi connectivity index (χ0) is 13.5. The summed E-state index contributed by atoms with van der Waals surface area (Å²) in [6.45, 7) is 0.952. The van der Waals surface area contributed by atoms with Crippen molar-refractivity contribution in [2.24, 2.45) is 0 Å². The van der Waals surface area contributed by atoms with Crippen molar-refractivity contribution in [2.75, 3.05) is 27.3 Å².